The Hall–Kier alpha value is -1.86. The third-order valence-corrected chi connectivity index (χ3v) is 3.97. The van der Waals surface area contributed by atoms with E-state index >= 15 is 0 Å². The fourth-order valence-electron chi connectivity index (χ4n) is 2.77. The average Bonchev–Trinajstić information content (AvgIpc) is 2.51. The highest BCUT2D eigenvalue weighted by Crippen LogP contribution is 2.25. The molecule has 1 fully saturated rings. The molecule has 5 nitrogen and oxygen atoms in total. The van der Waals surface area contributed by atoms with Gasteiger partial charge < -0.3 is 10.6 Å². The Morgan fingerprint density at radius 2 is 2.22 bits per heavy atom. The van der Waals surface area contributed by atoms with E-state index in [4.69, 9.17) is 5.73 Å². The van der Waals surface area contributed by atoms with Crippen LogP contribution in [0.2, 0.25) is 0 Å². The number of piperidine rings is 1. The molecule has 1 saturated heterocycles. The van der Waals surface area contributed by atoms with Gasteiger partial charge in [-0.15, -0.1) is 0 Å². The normalized spacial score (nSPS) is 18.9. The van der Waals surface area contributed by atoms with Crippen LogP contribution in [0, 0.1) is 5.92 Å². The molecular weight excluding hydrogens is 309 g/mol. The number of aryl methyl sites for hydroxylation is 1. The van der Waals surface area contributed by atoms with Crippen LogP contribution >= 0.6 is 0 Å². The van der Waals surface area contributed by atoms with E-state index in [1.807, 2.05) is 4.90 Å². The molecule has 1 aliphatic heterocycles. The number of nitrogens with two attached hydrogens (primary N) is 1. The quantitative estimate of drug-likeness (QED) is 0.870. The molecule has 0 unspecified atom stereocenters. The second-order valence-electron chi connectivity index (χ2n) is 5.92. The van der Waals surface area contributed by atoms with Crippen molar-refractivity contribution in [1.82, 2.24) is 9.97 Å². The van der Waals surface area contributed by atoms with Gasteiger partial charge in [0.15, 0.2) is 0 Å². The summed E-state index contributed by atoms with van der Waals surface area (Å²) in [6, 6.07) is 1.52. The molecule has 2 heterocycles. The highest BCUT2D eigenvalue weighted by Gasteiger charge is 2.27. The van der Waals surface area contributed by atoms with Crippen molar-refractivity contribution >= 4 is 11.9 Å². The third-order valence-electron chi connectivity index (χ3n) is 3.97. The lowest BCUT2D eigenvalue weighted by atomic mass is 9.93. The fraction of sp³-hybridized carbons (Fsp3) is 0.667. The predicted octanol–water partition coefficient (Wildman–Crippen LogP) is 2.45. The molecular formula is C15H21F3N4O. The van der Waals surface area contributed by atoms with Crippen molar-refractivity contribution < 1.29 is 18.0 Å². The lowest BCUT2D eigenvalue weighted by Crippen LogP contribution is -2.37. The first-order valence-corrected chi connectivity index (χ1v) is 7.75. The van der Waals surface area contributed by atoms with Gasteiger partial charge in [-0.3, -0.25) is 4.79 Å². The molecule has 2 N–H and O–H groups in total. The van der Waals surface area contributed by atoms with Gasteiger partial charge in [-0.05, 0) is 37.7 Å². The van der Waals surface area contributed by atoms with Crippen LogP contribution in [0.1, 0.15) is 37.8 Å². The molecule has 0 aromatic carbocycles. The molecule has 0 radical (unpaired) electrons. The van der Waals surface area contributed by atoms with E-state index in [-0.39, 0.29) is 12.3 Å². The summed E-state index contributed by atoms with van der Waals surface area (Å²) in [5.74, 6) is 0.486. The molecule has 23 heavy (non-hydrogen) atoms. The number of rotatable bonds is 6. The summed E-state index contributed by atoms with van der Waals surface area (Å²) in [5, 5.41) is 0. The van der Waals surface area contributed by atoms with Crippen molar-refractivity contribution in [2.75, 3.05) is 18.0 Å². The van der Waals surface area contributed by atoms with Crippen LogP contribution in [0.4, 0.5) is 19.1 Å². The first-order chi connectivity index (χ1) is 10.8. The number of aromatic nitrogens is 2. The van der Waals surface area contributed by atoms with E-state index in [9.17, 15) is 18.0 Å². The number of halogens is 3. The minimum absolute atomic E-state index is 0.141. The summed E-state index contributed by atoms with van der Waals surface area (Å²) in [6.07, 6.45) is -0.679. The average molecular weight is 330 g/mol. The molecule has 0 aliphatic carbocycles. The zero-order valence-electron chi connectivity index (χ0n) is 12.9. The summed E-state index contributed by atoms with van der Waals surface area (Å²) in [4.78, 5) is 21.3. The minimum Gasteiger partial charge on any atom is -0.370 e. The van der Waals surface area contributed by atoms with Gasteiger partial charge in [0.1, 0.15) is 0 Å². The fourth-order valence-corrected chi connectivity index (χ4v) is 2.77. The maximum atomic E-state index is 12.3. The molecule has 0 saturated carbocycles. The Kier molecular flexibility index (Phi) is 5.79. The molecule has 128 valence electrons. The van der Waals surface area contributed by atoms with Crippen LogP contribution < -0.4 is 10.6 Å². The summed E-state index contributed by atoms with van der Waals surface area (Å²) in [5.41, 5.74) is 5.57. The number of carbonyl (C=O) groups excluding carboxylic acids is 1. The summed E-state index contributed by atoms with van der Waals surface area (Å²) in [7, 11) is 0. The van der Waals surface area contributed by atoms with Gasteiger partial charge in [-0.2, -0.15) is 13.2 Å². The van der Waals surface area contributed by atoms with Gasteiger partial charge in [-0.1, -0.05) is 0 Å². The van der Waals surface area contributed by atoms with Crippen LogP contribution in [0.5, 0.6) is 0 Å². The van der Waals surface area contributed by atoms with Crippen molar-refractivity contribution in [1.29, 1.82) is 0 Å². The van der Waals surface area contributed by atoms with Crippen molar-refractivity contribution in [3.63, 3.8) is 0 Å². The van der Waals surface area contributed by atoms with Gasteiger partial charge in [-0.25, -0.2) is 9.97 Å². The highest BCUT2D eigenvalue weighted by molar-refractivity contribution is 5.73. The third kappa shape index (κ3) is 6.03. The van der Waals surface area contributed by atoms with Crippen LogP contribution in [-0.4, -0.2) is 35.1 Å². The predicted molar refractivity (Wildman–Crippen MR) is 79.8 cm³/mol. The Morgan fingerprint density at radius 1 is 1.43 bits per heavy atom. The number of amides is 1. The van der Waals surface area contributed by atoms with Crippen molar-refractivity contribution in [3.8, 4) is 0 Å². The topological polar surface area (TPSA) is 72.1 Å². The Balaban J connectivity index is 1.96. The zero-order chi connectivity index (χ0) is 16.9. The molecule has 0 bridgehead atoms. The smallest absolute Gasteiger partial charge is 0.370 e. The molecule has 1 aromatic rings. The highest BCUT2D eigenvalue weighted by atomic mass is 19.4. The maximum absolute atomic E-state index is 12.3. The van der Waals surface area contributed by atoms with Crippen LogP contribution in [-0.2, 0) is 11.2 Å². The second kappa shape index (κ2) is 7.61. The van der Waals surface area contributed by atoms with E-state index in [0.29, 0.717) is 30.5 Å². The standard InChI is InChI=1S/C15H21F3N4O/c16-15(17,18)7-5-12-6-8-20-14(21-12)22-9-1-2-11(10-22)3-4-13(19)23/h6,8,11H,1-5,7,9-10H2,(H2,19,23)/t11-/m0/s1. The van der Waals surface area contributed by atoms with E-state index in [0.717, 1.165) is 25.8 Å². The monoisotopic (exact) mass is 330 g/mol. The zero-order valence-corrected chi connectivity index (χ0v) is 12.9. The van der Waals surface area contributed by atoms with Crippen molar-refractivity contribution in [3.05, 3.63) is 18.0 Å². The van der Waals surface area contributed by atoms with Gasteiger partial charge >= 0.3 is 6.18 Å². The molecule has 1 aliphatic rings. The summed E-state index contributed by atoms with van der Waals surface area (Å²) < 4.78 is 36.9. The van der Waals surface area contributed by atoms with Crippen LogP contribution in [0.25, 0.3) is 0 Å². The maximum Gasteiger partial charge on any atom is 0.389 e. The lowest BCUT2D eigenvalue weighted by Gasteiger charge is -2.32. The Morgan fingerprint density at radius 3 is 2.91 bits per heavy atom. The van der Waals surface area contributed by atoms with Crippen LogP contribution in [0.3, 0.4) is 0 Å². The SMILES string of the molecule is NC(=O)CC[C@@H]1CCCN(c2nccc(CCC(F)(F)F)n2)C1. The first-order valence-electron chi connectivity index (χ1n) is 7.75. The minimum atomic E-state index is -4.18. The number of hydrogen-bond acceptors (Lipinski definition) is 4. The number of hydrogen-bond donors (Lipinski definition) is 1. The Bertz CT molecular complexity index is 536. The van der Waals surface area contributed by atoms with Crippen molar-refractivity contribution in [2.24, 2.45) is 11.7 Å². The van der Waals surface area contributed by atoms with E-state index in [2.05, 4.69) is 9.97 Å². The summed E-state index contributed by atoms with van der Waals surface area (Å²) >= 11 is 0. The number of carbonyl (C=O) groups is 1. The van der Waals surface area contributed by atoms with E-state index in [1.165, 1.54) is 12.3 Å². The number of nitrogens with zero attached hydrogens (tertiary/aromatic N) is 3. The molecule has 0 spiro atoms. The van der Waals surface area contributed by atoms with E-state index in [1.54, 1.807) is 0 Å². The van der Waals surface area contributed by atoms with Gasteiger partial charge in [0.25, 0.3) is 0 Å². The second-order valence-corrected chi connectivity index (χ2v) is 5.92. The molecule has 1 aromatic heterocycles. The number of alkyl halides is 3. The van der Waals surface area contributed by atoms with Gasteiger partial charge in [0.2, 0.25) is 11.9 Å². The van der Waals surface area contributed by atoms with Gasteiger partial charge in [0, 0.05) is 37.8 Å². The summed E-state index contributed by atoms with van der Waals surface area (Å²) in [6.45, 7) is 1.48. The van der Waals surface area contributed by atoms with E-state index < -0.39 is 12.6 Å². The Labute approximate surface area is 133 Å². The van der Waals surface area contributed by atoms with Gasteiger partial charge in [0.05, 0.1) is 0 Å². The molecule has 1 atom stereocenters. The first kappa shape index (κ1) is 17.5. The molecule has 8 heteroatoms. The number of anilines is 1. The molecule has 1 amide bonds. The lowest BCUT2D eigenvalue weighted by molar-refractivity contribution is -0.134. The molecule has 2 rings (SSSR count). The van der Waals surface area contributed by atoms with Crippen molar-refractivity contribution in [2.45, 2.75) is 44.7 Å². The number of primary amides is 1. The largest absolute Gasteiger partial charge is 0.389 e. The van der Waals surface area contributed by atoms with Crippen LogP contribution in [0.15, 0.2) is 12.3 Å².